The molecule has 3 aromatic rings. The van der Waals surface area contributed by atoms with Crippen LogP contribution in [-0.4, -0.2) is 19.3 Å². The van der Waals surface area contributed by atoms with Crippen molar-refractivity contribution in [3.63, 3.8) is 0 Å². The Kier molecular flexibility index (Phi) is 2.89. The van der Waals surface area contributed by atoms with Crippen molar-refractivity contribution >= 4 is 17.0 Å². The van der Waals surface area contributed by atoms with Gasteiger partial charge in [0.2, 0.25) is 5.95 Å². The predicted molar refractivity (Wildman–Crippen MR) is 71.0 cm³/mol. The van der Waals surface area contributed by atoms with Crippen LogP contribution in [0.5, 0.6) is 0 Å². The molecule has 0 radical (unpaired) electrons. The zero-order chi connectivity index (χ0) is 14.3. The summed E-state index contributed by atoms with van der Waals surface area (Å²) in [5, 5.41) is 4.06. The molecule has 20 heavy (non-hydrogen) atoms. The van der Waals surface area contributed by atoms with E-state index < -0.39 is 11.6 Å². The minimum absolute atomic E-state index is 0.102. The van der Waals surface area contributed by atoms with E-state index in [0.29, 0.717) is 18.5 Å². The highest BCUT2D eigenvalue weighted by molar-refractivity contribution is 5.79. The highest BCUT2D eigenvalue weighted by Crippen LogP contribution is 2.23. The third-order valence-corrected chi connectivity index (χ3v) is 3.34. The summed E-state index contributed by atoms with van der Waals surface area (Å²) >= 11 is 0. The molecule has 0 fully saturated rings. The lowest BCUT2D eigenvalue weighted by Gasteiger charge is -2.07. The fraction of sp³-hybridized carbons (Fsp3) is 0.231. The molecule has 0 saturated heterocycles. The first-order chi connectivity index (χ1) is 9.58. The van der Waals surface area contributed by atoms with Crippen LogP contribution in [-0.2, 0) is 20.0 Å². The summed E-state index contributed by atoms with van der Waals surface area (Å²) in [7, 11) is 1.82. The lowest BCUT2D eigenvalue weighted by molar-refractivity contribution is 0.511. The number of fused-ring (bicyclic) bond motifs is 1. The largest absolute Gasteiger partial charge is 0.369 e. The number of nitrogen functional groups attached to an aromatic ring is 1. The first-order valence-corrected chi connectivity index (χ1v) is 6.14. The molecule has 2 aromatic heterocycles. The highest BCUT2D eigenvalue weighted by atomic mass is 19.2. The van der Waals surface area contributed by atoms with Crippen LogP contribution in [0.15, 0.2) is 24.4 Å². The Morgan fingerprint density at radius 2 is 2.05 bits per heavy atom. The molecule has 1 aromatic carbocycles. The van der Waals surface area contributed by atoms with Crippen molar-refractivity contribution in [2.45, 2.75) is 13.0 Å². The zero-order valence-electron chi connectivity index (χ0n) is 10.8. The summed E-state index contributed by atoms with van der Waals surface area (Å²) in [5.41, 5.74) is 7.22. The fourth-order valence-electron chi connectivity index (χ4n) is 2.27. The number of nitrogens with two attached hydrogens (primary N) is 1. The van der Waals surface area contributed by atoms with Gasteiger partial charge in [-0.05, 0) is 18.2 Å². The average Bonchev–Trinajstić information content (AvgIpc) is 2.96. The molecule has 0 aliphatic heterocycles. The average molecular weight is 277 g/mol. The first kappa shape index (κ1) is 12.6. The maximum atomic E-state index is 13.9. The van der Waals surface area contributed by atoms with Gasteiger partial charge in [-0.3, -0.25) is 4.68 Å². The van der Waals surface area contributed by atoms with Crippen molar-refractivity contribution in [2.24, 2.45) is 7.05 Å². The second kappa shape index (κ2) is 4.59. The second-order valence-electron chi connectivity index (χ2n) is 4.55. The van der Waals surface area contributed by atoms with E-state index in [1.165, 1.54) is 10.6 Å². The van der Waals surface area contributed by atoms with Gasteiger partial charge in [-0.2, -0.15) is 5.10 Å². The zero-order valence-corrected chi connectivity index (χ0v) is 10.8. The van der Waals surface area contributed by atoms with Crippen molar-refractivity contribution < 1.29 is 8.78 Å². The molecule has 7 heteroatoms. The third kappa shape index (κ3) is 1.91. The number of halogens is 2. The summed E-state index contributed by atoms with van der Waals surface area (Å²) in [6.07, 6.45) is 2.28. The topological polar surface area (TPSA) is 61.7 Å². The molecule has 0 aliphatic carbocycles. The molecular formula is C13H13F2N5. The SMILES string of the molecule is Cn1nccc1CCn1c(N)nc2ccc(F)c(F)c21. The Hall–Kier alpha value is -2.44. The highest BCUT2D eigenvalue weighted by Gasteiger charge is 2.16. The molecular weight excluding hydrogens is 264 g/mol. The van der Waals surface area contributed by atoms with Gasteiger partial charge in [0.05, 0.1) is 5.52 Å². The second-order valence-corrected chi connectivity index (χ2v) is 4.55. The molecule has 3 rings (SSSR count). The summed E-state index contributed by atoms with van der Waals surface area (Å²) < 4.78 is 30.5. The Bertz CT molecular complexity index is 775. The standard InChI is InChI=1S/C13H13F2N5/c1-19-8(4-6-17-19)5-7-20-12-10(18-13(20)16)3-2-9(14)11(12)15/h2-4,6H,5,7H2,1H3,(H2,16,18). The van der Waals surface area contributed by atoms with Crippen LogP contribution in [0.4, 0.5) is 14.7 Å². The van der Waals surface area contributed by atoms with Gasteiger partial charge in [-0.1, -0.05) is 0 Å². The molecule has 5 nitrogen and oxygen atoms in total. The minimum atomic E-state index is -0.920. The number of aromatic nitrogens is 4. The summed E-state index contributed by atoms with van der Waals surface area (Å²) in [5.74, 6) is -1.65. The quantitative estimate of drug-likeness (QED) is 0.795. The Balaban J connectivity index is 2.01. The molecule has 0 spiro atoms. The molecule has 0 amide bonds. The number of anilines is 1. The van der Waals surface area contributed by atoms with E-state index in [-0.39, 0.29) is 11.5 Å². The number of aryl methyl sites for hydroxylation is 3. The van der Waals surface area contributed by atoms with Crippen molar-refractivity contribution in [1.82, 2.24) is 19.3 Å². The van der Waals surface area contributed by atoms with Crippen molar-refractivity contribution in [3.8, 4) is 0 Å². The molecule has 2 heterocycles. The van der Waals surface area contributed by atoms with Gasteiger partial charge in [0.25, 0.3) is 0 Å². The van der Waals surface area contributed by atoms with Crippen LogP contribution in [0.1, 0.15) is 5.69 Å². The van der Waals surface area contributed by atoms with E-state index >= 15 is 0 Å². The van der Waals surface area contributed by atoms with Crippen molar-refractivity contribution in [2.75, 3.05) is 5.73 Å². The van der Waals surface area contributed by atoms with Crippen LogP contribution in [0, 0.1) is 11.6 Å². The normalized spacial score (nSPS) is 11.3. The maximum absolute atomic E-state index is 13.9. The molecule has 104 valence electrons. The van der Waals surface area contributed by atoms with Crippen molar-refractivity contribution in [3.05, 3.63) is 41.7 Å². The van der Waals surface area contributed by atoms with E-state index in [1.807, 2.05) is 13.1 Å². The van der Waals surface area contributed by atoms with E-state index in [0.717, 1.165) is 11.8 Å². The van der Waals surface area contributed by atoms with Crippen LogP contribution >= 0.6 is 0 Å². The predicted octanol–water partition coefficient (Wildman–Crippen LogP) is 1.87. The summed E-state index contributed by atoms with van der Waals surface area (Å²) in [6.45, 7) is 0.405. The lowest BCUT2D eigenvalue weighted by Crippen LogP contribution is -2.09. The number of rotatable bonds is 3. The van der Waals surface area contributed by atoms with Gasteiger partial charge in [-0.15, -0.1) is 0 Å². The third-order valence-electron chi connectivity index (χ3n) is 3.34. The molecule has 0 unspecified atom stereocenters. The number of nitrogens with zero attached hydrogens (tertiary/aromatic N) is 4. The summed E-state index contributed by atoms with van der Waals surface area (Å²) in [4.78, 5) is 4.05. The number of hydrogen-bond donors (Lipinski definition) is 1. The van der Waals surface area contributed by atoms with Gasteiger partial charge < -0.3 is 10.3 Å². The number of imidazole rings is 1. The Morgan fingerprint density at radius 3 is 2.75 bits per heavy atom. The van der Waals surface area contributed by atoms with Crippen LogP contribution < -0.4 is 5.73 Å². The summed E-state index contributed by atoms with van der Waals surface area (Å²) in [6, 6.07) is 4.34. The van der Waals surface area contributed by atoms with Crippen molar-refractivity contribution in [1.29, 1.82) is 0 Å². The molecule has 2 N–H and O–H groups in total. The van der Waals surface area contributed by atoms with Crippen LogP contribution in [0.2, 0.25) is 0 Å². The smallest absolute Gasteiger partial charge is 0.201 e. The Morgan fingerprint density at radius 1 is 1.25 bits per heavy atom. The first-order valence-electron chi connectivity index (χ1n) is 6.14. The van der Waals surface area contributed by atoms with E-state index in [4.69, 9.17) is 5.73 Å². The monoisotopic (exact) mass is 277 g/mol. The lowest BCUT2D eigenvalue weighted by atomic mass is 10.2. The van der Waals surface area contributed by atoms with Crippen LogP contribution in [0.25, 0.3) is 11.0 Å². The Labute approximate surface area is 113 Å². The van der Waals surface area contributed by atoms with Gasteiger partial charge in [0, 0.05) is 31.9 Å². The molecule has 0 bridgehead atoms. The minimum Gasteiger partial charge on any atom is -0.369 e. The number of benzene rings is 1. The fourth-order valence-corrected chi connectivity index (χ4v) is 2.27. The van der Waals surface area contributed by atoms with Gasteiger partial charge in [0.15, 0.2) is 11.6 Å². The molecule has 0 saturated carbocycles. The maximum Gasteiger partial charge on any atom is 0.201 e. The van der Waals surface area contributed by atoms with Gasteiger partial charge in [0.1, 0.15) is 5.52 Å². The van der Waals surface area contributed by atoms with E-state index in [1.54, 1.807) is 10.9 Å². The van der Waals surface area contributed by atoms with E-state index in [2.05, 4.69) is 10.1 Å². The molecule has 0 atom stereocenters. The van der Waals surface area contributed by atoms with Crippen LogP contribution in [0.3, 0.4) is 0 Å². The molecule has 0 aliphatic rings. The van der Waals surface area contributed by atoms with Gasteiger partial charge in [-0.25, -0.2) is 13.8 Å². The number of hydrogen-bond acceptors (Lipinski definition) is 3. The van der Waals surface area contributed by atoms with E-state index in [9.17, 15) is 8.78 Å². The van der Waals surface area contributed by atoms with Gasteiger partial charge >= 0.3 is 0 Å².